The predicted octanol–water partition coefficient (Wildman–Crippen LogP) is 3.21. The lowest BCUT2D eigenvalue weighted by molar-refractivity contribution is 0.260. The second kappa shape index (κ2) is 6.93. The third kappa shape index (κ3) is 3.84. The summed E-state index contributed by atoms with van der Waals surface area (Å²) in [7, 11) is 0. The Labute approximate surface area is 111 Å². The van der Waals surface area contributed by atoms with Crippen molar-refractivity contribution in [3.8, 4) is 0 Å². The minimum absolute atomic E-state index is 0.933. The van der Waals surface area contributed by atoms with Crippen LogP contribution in [0, 0.1) is 11.8 Å². The summed E-state index contributed by atoms with van der Waals surface area (Å²) in [4.78, 5) is 4.28. The van der Waals surface area contributed by atoms with Gasteiger partial charge < -0.3 is 9.88 Å². The summed E-state index contributed by atoms with van der Waals surface area (Å²) in [5, 5.41) is 3.38. The van der Waals surface area contributed by atoms with Crippen molar-refractivity contribution >= 4 is 0 Å². The second-order valence-corrected chi connectivity index (χ2v) is 5.79. The van der Waals surface area contributed by atoms with Crippen molar-refractivity contribution < 1.29 is 0 Å². The zero-order valence-corrected chi connectivity index (χ0v) is 11.9. The van der Waals surface area contributed by atoms with E-state index in [1.807, 2.05) is 12.5 Å². The molecule has 0 saturated heterocycles. The summed E-state index contributed by atoms with van der Waals surface area (Å²) in [6, 6.07) is 0. The van der Waals surface area contributed by atoms with E-state index in [0.29, 0.717) is 0 Å². The number of aromatic nitrogens is 2. The first-order valence-corrected chi connectivity index (χ1v) is 7.49. The average molecular weight is 249 g/mol. The van der Waals surface area contributed by atoms with Crippen LogP contribution in [-0.2, 0) is 13.1 Å². The molecular weight excluding hydrogens is 222 g/mol. The van der Waals surface area contributed by atoms with Crippen molar-refractivity contribution in [2.24, 2.45) is 11.8 Å². The van der Waals surface area contributed by atoms with Crippen LogP contribution in [0.3, 0.4) is 0 Å². The zero-order chi connectivity index (χ0) is 12.8. The lowest BCUT2D eigenvalue weighted by Gasteiger charge is -2.26. The van der Waals surface area contributed by atoms with E-state index in [0.717, 1.165) is 31.5 Å². The van der Waals surface area contributed by atoms with E-state index < -0.39 is 0 Å². The molecule has 0 spiro atoms. The van der Waals surface area contributed by atoms with E-state index in [1.54, 1.807) is 0 Å². The summed E-state index contributed by atoms with van der Waals surface area (Å²) < 4.78 is 2.32. The fourth-order valence-corrected chi connectivity index (χ4v) is 3.09. The van der Waals surface area contributed by atoms with Crippen LogP contribution in [0.2, 0.25) is 0 Å². The van der Waals surface area contributed by atoms with Crippen molar-refractivity contribution in [3.63, 3.8) is 0 Å². The molecule has 3 heteroatoms. The van der Waals surface area contributed by atoms with Crippen molar-refractivity contribution in [1.29, 1.82) is 0 Å². The Bertz CT molecular complexity index is 345. The first kappa shape index (κ1) is 13.6. The van der Waals surface area contributed by atoms with Gasteiger partial charge in [0.25, 0.3) is 0 Å². The molecule has 2 atom stereocenters. The second-order valence-electron chi connectivity index (χ2n) is 5.79. The van der Waals surface area contributed by atoms with Crippen molar-refractivity contribution in [2.75, 3.05) is 6.54 Å². The lowest BCUT2D eigenvalue weighted by Crippen LogP contribution is -2.18. The van der Waals surface area contributed by atoms with Gasteiger partial charge >= 0.3 is 0 Å². The maximum absolute atomic E-state index is 4.28. The van der Waals surface area contributed by atoms with E-state index in [1.165, 1.54) is 37.8 Å². The highest BCUT2D eigenvalue weighted by Gasteiger charge is 2.18. The van der Waals surface area contributed by atoms with Gasteiger partial charge in [0.05, 0.1) is 12.0 Å². The van der Waals surface area contributed by atoms with Gasteiger partial charge in [-0.1, -0.05) is 33.1 Å². The summed E-state index contributed by atoms with van der Waals surface area (Å²) in [6.07, 6.45) is 11.0. The monoisotopic (exact) mass is 249 g/mol. The molecule has 18 heavy (non-hydrogen) atoms. The van der Waals surface area contributed by atoms with Gasteiger partial charge in [0, 0.05) is 19.3 Å². The predicted molar refractivity (Wildman–Crippen MR) is 75.3 cm³/mol. The summed E-state index contributed by atoms with van der Waals surface area (Å²) in [5.41, 5.74) is 1.32. The molecule has 1 aromatic rings. The average Bonchev–Trinajstić information content (AvgIpc) is 2.81. The Morgan fingerprint density at radius 3 is 3.11 bits per heavy atom. The van der Waals surface area contributed by atoms with Gasteiger partial charge in [0.1, 0.15) is 0 Å². The Morgan fingerprint density at radius 2 is 2.33 bits per heavy atom. The molecular formula is C15H27N3. The van der Waals surface area contributed by atoms with Gasteiger partial charge in [-0.05, 0) is 31.2 Å². The van der Waals surface area contributed by atoms with Crippen LogP contribution in [0.25, 0.3) is 0 Å². The third-order valence-corrected chi connectivity index (χ3v) is 4.18. The van der Waals surface area contributed by atoms with Crippen molar-refractivity contribution in [2.45, 2.75) is 59.0 Å². The molecule has 2 unspecified atom stereocenters. The Morgan fingerprint density at radius 1 is 1.44 bits per heavy atom. The molecule has 3 nitrogen and oxygen atoms in total. The minimum Gasteiger partial charge on any atom is -0.333 e. The number of hydrogen-bond acceptors (Lipinski definition) is 2. The molecule has 0 aliphatic heterocycles. The highest BCUT2D eigenvalue weighted by molar-refractivity contribution is 4.97. The van der Waals surface area contributed by atoms with E-state index in [4.69, 9.17) is 0 Å². The number of imidazole rings is 1. The molecule has 1 aliphatic carbocycles. The molecule has 1 N–H and O–H groups in total. The number of nitrogens with zero attached hydrogens (tertiary/aromatic N) is 2. The molecule has 102 valence electrons. The van der Waals surface area contributed by atoms with Crippen LogP contribution in [0.4, 0.5) is 0 Å². The molecule has 1 aliphatic rings. The van der Waals surface area contributed by atoms with Crippen molar-refractivity contribution in [1.82, 2.24) is 14.9 Å². The summed E-state index contributed by atoms with van der Waals surface area (Å²) in [5.74, 6) is 1.87. The molecule has 1 saturated carbocycles. The molecule has 0 aromatic carbocycles. The SMILES string of the molecule is CCNCc1cncn1CCC1CCCC(C)C1. The number of aryl methyl sites for hydroxylation is 1. The van der Waals surface area contributed by atoms with Crippen LogP contribution in [0.15, 0.2) is 12.5 Å². The van der Waals surface area contributed by atoms with Crippen molar-refractivity contribution in [3.05, 3.63) is 18.2 Å². The smallest absolute Gasteiger partial charge is 0.0948 e. The first-order chi connectivity index (χ1) is 8.79. The van der Waals surface area contributed by atoms with E-state index in [-0.39, 0.29) is 0 Å². The number of nitrogens with one attached hydrogen (secondary N) is 1. The molecule has 0 radical (unpaired) electrons. The normalized spacial score (nSPS) is 24.3. The summed E-state index contributed by atoms with van der Waals surface area (Å²) in [6.45, 7) is 7.64. The standard InChI is InChI=1S/C15H27N3/c1-3-16-10-15-11-17-12-18(15)8-7-14-6-4-5-13(2)9-14/h11-14,16H,3-10H2,1-2H3. The zero-order valence-electron chi connectivity index (χ0n) is 11.9. The quantitative estimate of drug-likeness (QED) is 0.839. The number of hydrogen-bond donors (Lipinski definition) is 1. The lowest BCUT2D eigenvalue weighted by atomic mass is 9.81. The number of rotatable bonds is 6. The topological polar surface area (TPSA) is 29.9 Å². The molecule has 1 heterocycles. The van der Waals surface area contributed by atoms with Gasteiger partial charge in [-0.2, -0.15) is 0 Å². The van der Waals surface area contributed by atoms with Crippen LogP contribution < -0.4 is 5.32 Å². The summed E-state index contributed by atoms with van der Waals surface area (Å²) >= 11 is 0. The first-order valence-electron chi connectivity index (χ1n) is 7.49. The van der Waals surface area contributed by atoms with Crippen LogP contribution in [0.5, 0.6) is 0 Å². The van der Waals surface area contributed by atoms with E-state index in [9.17, 15) is 0 Å². The largest absolute Gasteiger partial charge is 0.333 e. The molecule has 0 amide bonds. The fourth-order valence-electron chi connectivity index (χ4n) is 3.09. The fraction of sp³-hybridized carbons (Fsp3) is 0.800. The maximum Gasteiger partial charge on any atom is 0.0948 e. The third-order valence-electron chi connectivity index (χ3n) is 4.18. The van der Waals surface area contributed by atoms with E-state index in [2.05, 4.69) is 28.7 Å². The van der Waals surface area contributed by atoms with Crippen LogP contribution in [0.1, 0.15) is 51.6 Å². The molecule has 2 rings (SSSR count). The van der Waals surface area contributed by atoms with Crippen LogP contribution >= 0.6 is 0 Å². The highest BCUT2D eigenvalue weighted by Crippen LogP contribution is 2.31. The maximum atomic E-state index is 4.28. The Kier molecular flexibility index (Phi) is 5.24. The molecule has 0 bridgehead atoms. The van der Waals surface area contributed by atoms with Gasteiger partial charge in [-0.3, -0.25) is 0 Å². The van der Waals surface area contributed by atoms with Gasteiger partial charge in [0.2, 0.25) is 0 Å². The van der Waals surface area contributed by atoms with Gasteiger partial charge in [-0.25, -0.2) is 4.98 Å². The van der Waals surface area contributed by atoms with Gasteiger partial charge in [-0.15, -0.1) is 0 Å². The minimum atomic E-state index is 0.933. The molecule has 1 aromatic heterocycles. The Balaban J connectivity index is 1.80. The Hall–Kier alpha value is -0.830. The highest BCUT2D eigenvalue weighted by atomic mass is 15.1. The van der Waals surface area contributed by atoms with Crippen LogP contribution in [-0.4, -0.2) is 16.1 Å². The van der Waals surface area contributed by atoms with Gasteiger partial charge in [0.15, 0.2) is 0 Å². The molecule has 1 fully saturated rings. The van der Waals surface area contributed by atoms with E-state index >= 15 is 0 Å².